The molecule has 0 aliphatic carbocycles. The molecule has 2 rings (SSSR count). The number of rotatable bonds is 3. The zero-order valence-electron chi connectivity index (χ0n) is 10.5. The molecule has 0 bridgehead atoms. The van der Waals surface area contributed by atoms with Crippen molar-refractivity contribution >= 4 is 68.4 Å². The molecule has 0 radical (unpaired) electrons. The molecule has 0 heterocycles. The Morgan fingerprint density at radius 3 is 2.43 bits per heavy atom. The largest absolute Gasteiger partial charge is 0.321 e. The SMILES string of the molecule is O=C(/C=C/c1ccc(Cl)c(Cl)c1)Nc1ccc(Br)cc1Cl. The van der Waals surface area contributed by atoms with Crippen LogP contribution in [-0.4, -0.2) is 5.91 Å². The smallest absolute Gasteiger partial charge is 0.248 e. The first-order valence-electron chi connectivity index (χ1n) is 5.85. The second-order valence-electron chi connectivity index (χ2n) is 4.12. The van der Waals surface area contributed by atoms with E-state index in [1.807, 2.05) is 0 Å². The van der Waals surface area contributed by atoms with Crippen molar-refractivity contribution in [3.63, 3.8) is 0 Å². The van der Waals surface area contributed by atoms with Crippen molar-refractivity contribution in [2.75, 3.05) is 5.32 Å². The lowest BCUT2D eigenvalue weighted by atomic mass is 10.2. The molecule has 0 aliphatic rings. The van der Waals surface area contributed by atoms with Gasteiger partial charge in [-0.15, -0.1) is 0 Å². The Labute approximate surface area is 145 Å². The minimum atomic E-state index is -0.287. The number of amides is 1. The van der Waals surface area contributed by atoms with Crippen molar-refractivity contribution in [2.24, 2.45) is 0 Å². The van der Waals surface area contributed by atoms with Crippen LogP contribution >= 0.6 is 50.7 Å². The van der Waals surface area contributed by atoms with Crippen LogP contribution in [0.15, 0.2) is 46.9 Å². The Kier molecular flexibility index (Phi) is 5.71. The third-order valence-corrected chi connectivity index (χ3v) is 4.10. The van der Waals surface area contributed by atoms with E-state index in [2.05, 4.69) is 21.2 Å². The summed E-state index contributed by atoms with van der Waals surface area (Å²) in [5.74, 6) is -0.287. The van der Waals surface area contributed by atoms with Crippen LogP contribution in [0, 0.1) is 0 Å². The van der Waals surface area contributed by atoms with E-state index in [0.29, 0.717) is 20.8 Å². The van der Waals surface area contributed by atoms with Crippen molar-refractivity contribution in [3.8, 4) is 0 Å². The van der Waals surface area contributed by atoms with E-state index in [1.54, 1.807) is 42.5 Å². The van der Waals surface area contributed by atoms with Gasteiger partial charge in [0.15, 0.2) is 0 Å². The van der Waals surface area contributed by atoms with Gasteiger partial charge in [0.25, 0.3) is 0 Å². The summed E-state index contributed by atoms with van der Waals surface area (Å²) in [5.41, 5.74) is 1.32. The number of hydrogen-bond acceptors (Lipinski definition) is 1. The Morgan fingerprint density at radius 1 is 1.00 bits per heavy atom. The molecule has 2 aromatic carbocycles. The minimum Gasteiger partial charge on any atom is -0.321 e. The lowest BCUT2D eigenvalue weighted by molar-refractivity contribution is -0.111. The van der Waals surface area contributed by atoms with E-state index in [1.165, 1.54) is 6.08 Å². The maximum absolute atomic E-state index is 11.8. The van der Waals surface area contributed by atoms with Gasteiger partial charge in [-0.25, -0.2) is 0 Å². The van der Waals surface area contributed by atoms with Gasteiger partial charge >= 0.3 is 0 Å². The van der Waals surface area contributed by atoms with Crippen LogP contribution in [0.5, 0.6) is 0 Å². The van der Waals surface area contributed by atoms with Crippen LogP contribution in [0.2, 0.25) is 15.1 Å². The average molecular weight is 406 g/mol. The third-order valence-electron chi connectivity index (χ3n) is 2.56. The summed E-state index contributed by atoms with van der Waals surface area (Å²) in [5, 5.41) is 4.07. The molecule has 0 fully saturated rings. The van der Waals surface area contributed by atoms with E-state index >= 15 is 0 Å². The van der Waals surface area contributed by atoms with Gasteiger partial charge in [0.05, 0.1) is 20.8 Å². The van der Waals surface area contributed by atoms with Gasteiger partial charge in [-0.05, 0) is 42.0 Å². The molecule has 0 atom stereocenters. The van der Waals surface area contributed by atoms with Gasteiger partial charge in [0.2, 0.25) is 5.91 Å². The van der Waals surface area contributed by atoms with Crippen molar-refractivity contribution in [2.45, 2.75) is 0 Å². The zero-order valence-corrected chi connectivity index (χ0v) is 14.4. The second kappa shape index (κ2) is 7.32. The fourth-order valence-corrected chi connectivity index (χ4v) is 2.58. The number of halogens is 4. The van der Waals surface area contributed by atoms with Gasteiger partial charge in [-0.1, -0.05) is 56.8 Å². The fourth-order valence-electron chi connectivity index (χ4n) is 1.55. The highest BCUT2D eigenvalue weighted by molar-refractivity contribution is 9.10. The van der Waals surface area contributed by atoms with Gasteiger partial charge in [-0.2, -0.15) is 0 Å². The molecular formula is C15H9BrCl3NO. The molecule has 21 heavy (non-hydrogen) atoms. The summed E-state index contributed by atoms with van der Waals surface area (Å²) >= 11 is 21.1. The summed E-state index contributed by atoms with van der Waals surface area (Å²) in [6.45, 7) is 0. The molecule has 0 spiro atoms. The molecule has 0 saturated heterocycles. The molecule has 1 N–H and O–H groups in total. The van der Waals surface area contributed by atoms with Gasteiger partial charge < -0.3 is 5.32 Å². The van der Waals surface area contributed by atoms with Crippen molar-refractivity contribution in [1.29, 1.82) is 0 Å². The summed E-state index contributed by atoms with van der Waals surface area (Å²) < 4.78 is 0.844. The second-order valence-corrected chi connectivity index (χ2v) is 6.26. The molecule has 108 valence electrons. The average Bonchev–Trinajstić information content (AvgIpc) is 2.43. The number of hydrogen-bond donors (Lipinski definition) is 1. The normalized spacial score (nSPS) is 10.9. The van der Waals surface area contributed by atoms with E-state index in [4.69, 9.17) is 34.8 Å². The van der Waals surface area contributed by atoms with Crippen molar-refractivity contribution in [1.82, 2.24) is 0 Å². The molecule has 0 aliphatic heterocycles. The molecule has 0 unspecified atom stereocenters. The topological polar surface area (TPSA) is 29.1 Å². The van der Waals surface area contributed by atoms with E-state index in [9.17, 15) is 4.79 Å². The first-order valence-corrected chi connectivity index (χ1v) is 7.77. The lowest BCUT2D eigenvalue weighted by Gasteiger charge is -2.05. The molecule has 1 amide bonds. The highest BCUT2D eigenvalue weighted by atomic mass is 79.9. The van der Waals surface area contributed by atoms with Gasteiger partial charge in [-0.3, -0.25) is 4.79 Å². The van der Waals surface area contributed by atoms with Crippen LogP contribution in [0.25, 0.3) is 6.08 Å². The molecular weight excluding hydrogens is 396 g/mol. The summed E-state index contributed by atoms with van der Waals surface area (Å²) in [6, 6.07) is 10.3. The first kappa shape index (κ1) is 16.4. The molecule has 0 saturated carbocycles. The predicted octanol–water partition coefficient (Wildman–Crippen LogP) is 6.06. The number of carbonyl (C=O) groups excluding carboxylic acids is 1. The monoisotopic (exact) mass is 403 g/mol. The van der Waals surface area contributed by atoms with Crippen molar-refractivity contribution in [3.05, 3.63) is 67.6 Å². The van der Waals surface area contributed by atoms with Crippen LogP contribution in [-0.2, 0) is 4.79 Å². The highest BCUT2D eigenvalue weighted by Crippen LogP contribution is 2.26. The highest BCUT2D eigenvalue weighted by Gasteiger charge is 2.04. The predicted molar refractivity (Wildman–Crippen MR) is 93.3 cm³/mol. The van der Waals surface area contributed by atoms with E-state index in [0.717, 1.165) is 10.0 Å². The van der Waals surface area contributed by atoms with Crippen molar-refractivity contribution < 1.29 is 4.79 Å². The van der Waals surface area contributed by atoms with Crippen LogP contribution < -0.4 is 5.32 Å². The molecule has 6 heteroatoms. The minimum absolute atomic E-state index is 0.287. The summed E-state index contributed by atoms with van der Waals surface area (Å²) in [7, 11) is 0. The Balaban J connectivity index is 2.07. The van der Waals surface area contributed by atoms with Crippen LogP contribution in [0.4, 0.5) is 5.69 Å². The quantitative estimate of drug-likeness (QED) is 0.618. The first-order chi connectivity index (χ1) is 9.95. The molecule has 2 aromatic rings. The maximum Gasteiger partial charge on any atom is 0.248 e. The Morgan fingerprint density at radius 2 is 1.76 bits per heavy atom. The zero-order chi connectivity index (χ0) is 15.4. The number of carbonyl (C=O) groups is 1. The number of benzene rings is 2. The van der Waals surface area contributed by atoms with Gasteiger partial charge in [0.1, 0.15) is 0 Å². The summed E-state index contributed by atoms with van der Waals surface area (Å²) in [4.78, 5) is 11.8. The van der Waals surface area contributed by atoms with E-state index in [-0.39, 0.29) is 5.91 Å². The van der Waals surface area contributed by atoms with E-state index < -0.39 is 0 Å². The number of nitrogens with one attached hydrogen (secondary N) is 1. The lowest BCUT2D eigenvalue weighted by Crippen LogP contribution is -2.08. The standard InChI is InChI=1S/C15H9BrCl3NO/c16-10-3-5-14(13(19)8-10)20-15(21)6-2-9-1-4-11(17)12(18)7-9/h1-8H,(H,20,21)/b6-2+. The number of anilines is 1. The van der Waals surface area contributed by atoms with Gasteiger partial charge in [0, 0.05) is 10.5 Å². The Hall–Kier alpha value is -1.000. The third kappa shape index (κ3) is 4.75. The van der Waals surface area contributed by atoms with Crippen LogP contribution in [0.3, 0.4) is 0 Å². The fraction of sp³-hybridized carbons (Fsp3) is 0. The Bertz CT molecular complexity index is 716. The summed E-state index contributed by atoms with van der Waals surface area (Å²) in [6.07, 6.45) is 3.04. The molecule has 0 aromatic heterocycles. The van der Waals surface area contributed by atoms with Crippen LogP contribution in [0.1, 0.15) is 5.56 Å². The molecule has 2 nitrogen and oxygen atoms in total. The maximum atomic E-state index is 11.8.